The van der Waals surface area contributed by atoms with E-state index in [1.165, 1.54) is 0 Å². The van der Waals surface area contributed by atoms with E-state index in [0.29, 0.717) is 0 Å². The summed E-state index contributed by atoms with van der Waals surface area (Å²) >= 11 is 0. The van der Waals surface area contributed by atoms with Gasteiger partial charge in [-0.05, 0) is 42.7 Å². The Bertz CT molecular complexity index is 621. The zero-order valence-electron chi connectivity index (χ0n) is 12.1. The van der Waals surface area contributed by atoms with Crippen LogP contribution in [0.1, 0.15) is 12.0 Å². The number of carbonyl (C=O) groups is 1. The highest BCUT2D eigenvalue weighted by Gasteiger charge is 2.41. The molecule has 4 nitrogen and oxygen atoms in total. The zero-order chi connectivity index (χ0) is 15.4. The van der Waals surface area contributed by atoms with Crippen molar-refractivity contribution in [3.05, 3.63) is 60.2 Å². The summed E-state index contributed by atoms with van der Waals surface area (Å²) in [5.41, 5.74) is 1.15. The van der Waals surface area contributed by atoms with E-state index in [2.05, 4.69) is 0 Å². The SMILES string of the molecule is O=C1O[C@@H](CCc2ccc(Oc3ccccc3)cc2)[C@@H]1CO. The Morgan fingerprint density at radius 1 is 1.00 bits per heavy atom. The third kappa shape index (κ3) is 3.28. The summed E-state index contributed by atoms with van der Waals surface area (Å²) in [7, 11) is 0. The van der Waals surface area contributed by atoms with E-state index in [-0.39, 0.29) is 24.6 Å². The van der Waals surface area contributed by atoms with Crippen LogP contribution in [-0.2, 0) is 16.0 Å². The van der Waals surface area contributed by atoms with Gasteiger partial charge in [-0.25, -0.2) is 0 Å². The van der Waals surface area contributed by atoms with Crippen LogP contribution in [0.15, 0.2) is 54.6 Å². The molecule has 0 radical (unpaired) electrons. The number of rotatable bonds is 6. The third-order valence-corrected chi connectivity index (χ3v) is 3.84. The number of ether oxygens (including phenoxy) is 2. The molecule has 1 aliphatic heterocycles. The van der Waals surface area contributed by atoms with Crippen molar-refractivity contribution < 1.29 is 19.4 Å². The van der Waals surface area contributed by atoms with Crippen molar-refractivity contribution in [1.29, 1.82) is 0 Å². The lowest BCUT2D eigenvalue weighted by atomic mass is 9.92. The highest BCUT2D eigenvalue weighted by molar-refractivity contribution is 5.78. The molecule has 0 aliphatic carbocycles. The number of esters is 1. The van der Waals surface area contributed by atoms with Crippen LogP contribution in [0.3, 0.4) is 0 Å². The van der Waals surface area contributed by atoms with Crippen molar-refractivity contribution in [1.82, 2.24) is 0 Å². The number of cyclic esters (lactones) is 1. The van der Waals surface area contributed by atoms with Gasteiger partial charge in [0.05, 0.1) is 6.61 Å². The lowest BCUT2D eigenvalue weighted by molar-refractivity contribution is -0.188. The van der Waals surface area contributed by atoms with Crippen LogP contribution in [0.2, 0.25) is 0 Å². The molecule has 0 aromatic heterocycles. The number of aryl methyl sites for hydroxylation is 1. The first-order valence-electron chi connectivity index (χ1n) is 7.39. The van der Waals surface area contributed by atoms with E-state index in [9.17, 15) is 4.79 Å². The molecule has 114 valence electrons. The molecule has 2 aromatic rings. The molecule has 2 atom stereocenters. The van der Waals surface area contributed by atoms with Gasteiger partial charge in [0.2, 0.25) is 0 Å². The molecule has 22 heavy (non-hydrogen) atoms. The summed E-state index contributed by atoms with van der Waals surface area (Å²) in [5, 5.41) is 9.08. The highest BCUT2D eigenvalue weighted by atomic mass is 16.6. The summed E-state index contributed by atoms with van der Waals surface area (Å²) < 4.78 is 10.8. The second-order valence-corrected chi connectivity index (χ2v) is 5.36. The van der Waals surface area contributed by atoms with Crippen LogP contribution in [-0.4, -0.2) is 23.8 Å². The minimum Gasteiger partial charge on any atom is -0.461 e. The van der Waals surface area contributed by atoms with Gasteiger partial charge in [0.1, 0.15) is 23.5 Å². The second kappa shape index (κ2) is 6.62. The summed E-state index contributed by atoms with van der Waals surface area (Å²) in [6, 6.07) is 17.5. The summed E-state index contributed by atoms with van der Waals surface area (Å²) in [5.74, 6) is 0.959. The molecule has 1 saturated heterocycles. The van der Waals surface area contributed by atoms with Crippen molar-refractivity contribution in [2.45, 2.75) is 18.9 Å². The normalized spacial score (nSPS) is 20.1. The fourth-order valence-corrected chi connectivity index (χ4v) is 2.51. The van der Waals surface area contributed by atoms with Gasteiger partial charge in [0, 0.05) is 0 Å². The van der Waals surface area contributed by atoms with Crippen LogP contribution in [0.4, 0.5) is 0 Å². The van der Waals surface area contributed by atoms with Crippen LogP contribution < -0.4 is 4.74 Å². The fraction of sp³-hybridized carbons (Fsp3) is 0.278. The monoisotopic (exact) mass is 298 g/mol. The van der Waals surface area contributed by atoms with Crippen LogP contribution in [0, 0.1) is 5.92 Å². The number of hydrogen-bond acceptors (Lipinski definition) is 4. The highest BCUT2D eigenvalue weighted by Crippen LogP contribution is 2.27. The van der Waals surface area contributed by atoms with E-state index >= 15 is 0 Å². The maximum Gasteiger partial charge on any atom is 0.315 e. The second-order valence-electron chi connectivity index (χ2n) is 5.36. The molecular weight excluding hydrogens is 280 g/mol. The van der Waals surface area contributed by atoms with Crippen molar-refractivity contribution in [2.75, 3.05) is 6.61 Å². The van der Waals surface area contributed by atoms with Crippen molar-refractivity contribution in [3.63, 3.8) is 0 Å². The molecule has 4 heteroatoms. The topological polar surface area (TPSA) is 55.8 Å². The van der Waals surface area contributed by atoms with Crippen LogP contribution >= 0.6 is 0 Å². The molecule has 0 unspecified atom stereocenters. The zero-order valence-corrected chi connectivity index (χ0v) is 12.1. The molecule has 0 saturated carbocycles. The number of aliphatic hydroxyl groups excluding tert-OH is 1. The molecule has 0 amide bonds. The molecule has 2 aromatic carbocycles. The predicted octanol–water partition coefficient (Wildman–Crippen LogP) is 2.95. The molecule has 3 rings (SSSR count). The first kappa shape index (κ1) is 14.6. The van der Waals surface area contributed by atoms with Crippen molar-refractivity contribution >= 4 is 5.97 Å². The first-order valence-corrected chi connectivity index (χ1v) is 7.39. The van der Waals surface area contributed by atoms with Gasteiger partial charge in [0.25, 0.3) is 0 Å². The van der Waals surface area contributed by atoms with E-state index in [1.807, 2.05) is 54.6 Å². The van der Waals surface area contributed by atoms with Gasteiger partial charge >= 0.3 is 5.97 Å². The number of hydrogen-bond donors (Lipinski definition) is 1. The van der Waals surface area contributed by atoms with Gasteiger partial charge in [-0.1, -0.05) is 30.3 Å². The minimum atomic E-state index is -0.347. The first-order chi connectivity index (χ1) is 10.8. The van der Waals surface area contributed by atoms with Crippen molar-refractivity contribution in [3.8, 4) is 11.5 Å². The van der Waals surface area contributed by atoms with E-state index < -0.39 is 0 Å². The quantitative estimate of drug-likeness (QED) is 0.833. The predicted molar refractivity (Wildman–Crippen MR) is 81.7 cm³/mol. The number of para-hydroxylation sites is 1. The van der Waals surface area contributed by atoms with Gasteiger partial charge in [0.15, 0.2) is 0 Å². The van der Waals surface area contributed by atoms with Gasteiger partial charge in [-0.15, -0.1) is 0 Å². The van der Waals surface area contributed by atoms with E-state index in [0.717, 1.165) is 29.9 Å². The summed E-state index contributed by atoms with van der Waals surface area (Å²) in [6.07, 6.45) is 1.38. The number of benzene rings is 2. The summed E-state index contributed by atoms with van der Waals surface area (Å²) in [6.45, 7) is -0.132. The fourth-order valence-electron chi connectivity index (χ4n) is 2.51. The van der Waals surface area contributed by atoms with Crippen LogP contribution in [0.25, 0.3) is 0 Å². The summed E-state index contributed by atoms with van der Waals surface area (Å²) in [4.78, 5) is 11.1. The molecule has 0 bridgehead atoms. The molecular formula is C18H18O4. The third-order valence-electron chi connectivity index (χ3n) is 3.84. The Balaban J connectivity index is 1.52. The number of carbonyl (C=O) groups excluding carboxylic acids is 1. The Hall–Kier alpha value is -2.33. The van der Waals surface area contributed by atoms with Gasteiger partial charge in [-0.3, -0.25) is 4.79 Å². The average molecular weight is 298 g/mol. The molecule has 1 N–H and O–H groups in total. The Labute approximate surface area is 129 Å². The molecule has 0 spiro atoms. The maximum absolute atomic E-state index is 11.1. The average Bonchev–Trinajstić information content (AvgIpc) is 2.54. The Kier molecular flexibility index (Phi) is 4.39. The molecule has 1 aliphatic rings. The van der Waals surface area contributed by atoms with E-state index in [4.69, 9.17) is 14.6 Å². The van der Waals surface area contributed by atoms with Gasteiger partial charge < -0.3 is 14.6 Å². The Morgan fingerprint density at radius 2 is 1.68 bits per heavy atom. The Morgan fingerprint density at radius 3 is 2.32 bits per heavy atom. The number of aliphatic hydroxyl groups is 1. The van der Waals surface area contributed by atoms with Crippen LogP contribution in [0.5, 0.6) is 11.5 Å². The standard InChI is InChI=1S/C18H18O4/c19-12-16-17(22-18(16)20)11-8-13-6-9-15(10-7-13)21-14-4-2-1-3-5-14/h1-7,9-10,16-17,19H,8,11-12H2/t16-,17-/m0/s1. The van der Waals surface area contributed by atoms with Crippen molar-refractivity contribution in [2.24, 2.45) is 5.92 Å². The smallest absolute Gasteiger partial charge is 0.315 e. The van der Waals surface area contributed by atoms with E-state index in [1.54, 1.807) is 0 Å². The molecule has 1 heterocycles. The maximum atomic E-state index is 11.1. The molecule has 1 fully saturated rings. The minimum absolute atomic E-state index is 0.132. The van der Waals surface area contributed by atoms with Gasteiger partial charge in [-0.2, -0.15) is 0 Å². The lowest BCUT2D eigenvalue weighted by Crippen LogP contribution is -2.47. The lowest BCUT2D eigenvalue weighted by Gasteiger charge is -2.33. The largest absolute Gasteiger partial charge is 0.461 e.